The fourth-order valence-electron chi connectivity index (χ4n) is 3.80. The number of hydrogen-bond acceptors (Lipinski definition) is 3. The van der Waals surface area contributed by atoms with Crippen molar-refractivity contribution in [2.45, 2.75) is 31.7 Å². The largest absolute Gasteiger partial charge is 0.297 e. The van der Waals surface area contributed by atoms with E-state index in [1.54, 1.807) is 0 Å². The SMILES string of the molecule is Clc1ccc(Cc2cccc(C3CCCN(Cc4ccccn4)C3)n2)cc1. The minimum atomic E-state index is 0.493. The lowest BCUT2D eigenvalue weighted by Crippen LogP contribution is -2.34. The van der Waals surface area contributed by atoms with Gasteiger partial charge in [0, 0.05) is 48.0 Å². The Morgan fingerprint density at radius 1 is 0.963 bits per heavy atom. The van der Waals surface area contributed by atoms with Crippen LogP contribution >= 0.6 is 11.6 Å². The highest BCUT2D eigenvalue weighted by Crippen LogP contribution is 2.27. The van der Waals surface area contributed by atoms with Gasteiger partial charge in [-0.3, -0.25) is 14.9 Å². The lowest BCUT2D eigenvalue weighted by molar-refractivity contribution is 0.196. The zero-order valence-electron chi connectivity index (χ0n) is 15.4. The number of aromatic nitrogens is 2. The summed E-state index contributed by atoms with van der Waals surface area (Å²) in [5.74, 6) is 0.493. The lowest BCUT2D eigenvalue weighted by Gasteiger charge is -2.32. The van der Waals surface area contributed by atoms with Gasteiger partial charge in [-0.15, -0.1) is 0 Å². The molecule has 0 amide bonds. The summed E-state index contributed by atoms with van der Waals surface area (Å²) in [6.07, 6.45) is 5.13. The van der Waals surface area contributed by atoms with Crippen LogP contribution in [0.1, 0.15) is 41.4 Å². The molecule has 1 fully saturated rings. The van der Waals surface area contributed by atoms with Crippen molar-refractivity contribution < 1.29 is 0 Å². The summed E-state index contributed by atoms with van der Waals surface area (Å²) >= 11 is 5.99. The van der Waals surface area contributed by atoms with Gasteiger partial charge in [-0.1, -0.05) is 35.9 Å². The maximum absolute atomic E-state index is 5.99. The first-order chi connectivity index (χ1) is 13.3. The molecule has 3 nitrogen and oxygen atoms in total. The normalized spacial score (nSPS) is 17.7. The van der Waals surface area contributed by atoms with Gasteiger partial charge < -0.3 is 0 Å². The van der Waals surface area contributed by atoms with Crippen LogP contribution in [0.25, 0.3) is 0 Å². The number of pyridine rings is 2. The molecule has 3 aromatic rings. The highest BCUT2D eigenvalue weighted by molar-refractivity contribution is 6.30. The van der Waals surface area contributed by atoms with Crippen LogP contribution < -0.4 is 0 Å². The monoisotopic (exact) mass is 377 g/mol. The predicted octanol–water partition coefficient (Wildman–Crippen LogP) is 5.10. The van der Waals surface area contributed by atoms with Crippen LogP contribution in [-0.2, 0) is 13.0 Å². The van der Waals surface area contributed by atoms with Crippen molar-refractivity contribution in [2.24, 2.45) is 0 Å². The summed E-state index contributed by atoms with van der Waals surface area (Å²) in [6.45, 7) is 3.10. The third-order valence-electron chi connectivity index (χ3n) is 5.16. The van der Waals surface area contributed by atoms with Crippen molar-refractivity contribution in [3.05, 3.63) is 94.5 Å². The molecule has 0 radical (unpaired) electrons. The van der Waals surface area contributed by atoms with Crippen LogP contribution in [-0.4, -0.2) is 28.0 Å². The average Bonchev–Trinajstić information content (AvgIpc) is 2.71. The van der Waals surface area contributed by atoms with Crippen molar-refractivity contribution in [3.8, 4) is 0 Å². The Kier molecular flexibility index (Phi) is 5.81. The summed E-state index contributed by atoms with van der Waals surface area (Å²) in [5.41, 5.74) is 4.72. The molecule has 1 unspecified atom stereocenters. The molecule has 0 bridgehead atoms. The van der Waals surface area contributed by atoms with Crippen LogP contribution in [0.5, 0.6) is 0 Å². The number of halogens is 1. The molecule has 138 valence electrons. The topological polar surface area (TPSA) is 29.0 Å². The number of likely N-dealkylation sites (tertiary alicyclic amines) is 1. The molecule has 0 N–H and O–H groups in total. The molecule has 0 spiro atoms. The molecule has 27 heavy (non-hydrogen) atoms. The highest BCUT2D eigenvalue weighted by atomic mass is 35.5. The molecular formula is C23H24ClN3. The number of rotatable bonds is 5. The molecule has 3 heterocycles. The van der Waals surface area contributed by atoms with Crippen LogP contribution in [0.4, 0.5) is 0 Å². The second kappa shape index (κ2) is 8.64. The van der Waals surface area contributed by atoms with E-state index in [0.29, 0.717) is 5.92 Å². The molecule has 0 aliphatic carbocycles. The lowest BCUT2D eigenvalue weighted by atomic mass is 9.93. The summed E-state index contributed by atoms with van der Waals surface area (Å²) in [4.78, 5) is 12.0. The smallest absolute Gasteiger partial charge is 0.0543 e. The van der Waals surface area contributed by atoms with Gasteiger partial charge in [-0.05, 0) is 61.3 Å². The number of hydrogen-bond donors (Lipinski definition) is 0. The van der Waals surface area contributed by atoms with Gasteiger partial charge in [0.15, 0.2) is 0 Å². The predicted molar refractivity (Wildman–Crippen MR) is 110 cm³/mol. The standard InChI is InChI=1S/C23H24ClN3/c24-20-11-9-18(10-12-20)15-21-7-3-8-23(26-21)19-5-4-14-27(16-19)17-22-6-1-2-13-25-22/h1-3,6-13,19H,4-5,14-17H2. The van der Waals surface area contributed by atoms with Crippen molar-refractivity contribution in [3.63, 3.8) is 0 Å². The van der Waals surface area contributed by atoms with E-state index in [0.717, 1.165) is 42.5 Å². The maximum atomic E-state index is 5.99. The summed E-state index contributed by atoms with van der Waals surface area (Å²) in [7, 11) is 0. The molecule has 1 atom stereocenters. The van der Waals surface area contributed by atoms with Gasteiger partial charge >= 0.3 is 0 Å². The van der Waals surface area contributed by atoms with E-state index in [-0.39, 0.29) is 0 Å². The van der Waals surface area contributed by atoms with Gasteiger partial charge in [0.05, 0.1) is 5.69 Å². The van der Waals surface area contributed by atoms with Crippen molar-refractivity contribution in [1.29, 1.82) is 0 Å². The third kappa shape index (κ3) is 4.94. The van der Waals surface area contributed by atoms with Crippen LogP contribution in [0.15, 0.2) is 66.9 Å². The minimum absolute atomic E-state index is 0.493. The summed E-state index contributed by atoms with van der Waals surface area (Å²) in [6, 6.07) is 20.6. The first-order valence-electron chi connectivity index (χ1n) is 9.59. The van der Waals surface area contributed by atoms with Gasteiger partial charge in [0.25, 0.3) is 0 Å². The fraction of sp³-hybridized carbons (Fsp3) is 0.304. The maximum Gasteiger partial charge on any atom is 0.0543 e. The molecule has 1 aliphatic rings. The molecule has 4 heteroatoms. The second-order valence-corrected chi connectivity index (χ2v) is 7.69. The fourth-order valence-corrected chi connectivity index (χ4v) is 3.92. The Morgan fingerprint density at radius 3 is 2.63 bits per heavy atom. The first-order valence-corrected chi connectivity index (χ1v) is 9.96. The highest BCUT2D eigenvalue weighted by Gasteiger charge is 2.22. The first kappa shape index (κ1) is 18.1. The van der Waals surface area contributed by atoms with E-state index in [1.807, 2.05) is 24.4 Å². The summed E-state index contributed by atoms with van der Waals surface area (Å²) < 4.78 is 0. The van der Waals surface area contributed by atoms with Crippen molar-refractivity contribution in [1.82, 2.24) is 14.9 Å². The number of benzene rings is 1. The van der Waals surface area contributed by atoms with Crippen LogP contribution in [0.3, 0.4) is 0 Å². The summed E-state index contributed by atoms with van der Waals surface area (Å²) in [5, 5.41) is 0.774. The molecule has 1 aliphatic heterocycles. The Bertz CT molecular complexity index is 864. The molecular weight excluding hydrogens is 354 g/mol. The van der Waals surface area contributed by atoms with Gasteiger partial charge in [-0.25, -0.2) is 0 Å². The number of piperidine rings is 1. The van der Waals surface area contributed by atoms with Crippen molar-refractivity contribution in [2.75, 3.05) is 13.1 Å². The zero-order valence-corrected chi connectivity index (χ0v) is 16.1. The molecule has 2 aromatic heterocycles. The molecule has 4 rings (SSSR count). The molecule has 1 aromatic carbocycles. The minimum Gasteiger partial charge on any atom is -0.297 e. The van der Waals surface area contributed by atoms with Crippen LogP contribution in [0, 0.1) is 0 Å². The third-order valence-corrected chi connectivity index (χ3v) is 5.41. The number of nitrogens with zero attached hydrogens (tertiary/aromatic N) is 3. The quantitative estimate of drug-likeness (QED) is 0.619. The van der Waals surface area contributed by atoms with Gasteiger partial charge in [-0.2, -0.15) is 0 Å². The van der Waals surface area contributed by atoms with E-state index in [9.17, 15) is 0 Å². The van der Waals surface area contributed by atoms with Crippen molar-refractivity contribution >= 4 is 11.6 Å². The van der Waals surface area contributed by atoms with E-state index in [4.69, 9.17) is 16.6 Å². The van der Waals surface area contributed by atoms with E-state index in [2.05, 4.69) is 52.3 Å². The average molecular weight is 378 g/mol. The van der Waals surface area contributed by atoms with E-state index >= 15 is 0 Å². The Labute approximate surface area is 166 Å². The molecule has 1 saturated heterocycles. The van der Waals surface area contributed by atoms with E-state index < -0.39 is 0 Å². The van der Waals surface area contributed by atoms with E-state index in [1.165, 1.54) is 24.1 Å². The Hall–Kier alpha value is -2.23. The molecule has 0 saturated carbocycles. The van der Waals surface area contributed by atoms with Gasteiger partial charge in [0.2, 0.25) is 0 Å². The van der Waals surface area contributed by atoms with Crippen LogP contribution in [0.2, 0.25) is 5.02 Å². The second-order valence-electron chi connectivity index (χ2n) is 7.25. The van der Waals surface area contributed by atoms with Gasteiger partial charge in [0.1, 0.15) is 0 Å². The zero-order chi connectivity index (χ0) is 18.5. The Morgan fingerprint density at radius 2 is 1.81 bits per heavy atom. The Balaban J connectivity index is 1.43.